The Balaban J connectivity index is 3.61. The fourth-order valence-corrected chi connectivity index (χ4v) is 1.52. The highest BCUT2D eigenvalue weighted by Crippen LogP contribution is 2.02. The first kappa shape index (κ1) is 17.6. The van der Waals surface area contributed by atoms with Crippen molar-refractivity contribution in [1.82, 2.24) is 0 Å². The molecule has 0 saturated carbocycles. The zero-order chi connectivity index (χ0) is 14.3. The Morgan fingerprint density at radius 2 is 1.89 bits per heavy atom. The van der Waals surface area contributed by atoms with E-state index in [2.05, 4.69) is 13.0 Å². The molecule has 0 fully saturated rings. The second-order valence-electron chi connectivity index (χ2n) is 4.52. The molecule has 0 unspecified atom stereocenters. The van der Waals surface area contributed by atoms with Crippen molar-refractivity contribution in [2.75, 3.05) is 0 Å². The van der Waals surface area contributed by atoms with Gasteiger partial charge in [-0.3, -0.25) is 4.79 Å². The summed E-state index contributed by atoms with van der Waals surface area (Å²) >= 11 is 0. The average molecular weight is 266 g/mol. The summed E-state index contributed by atoms with van der Waals surface area (Å²) in [5.41, 5.74) is 0. The zero-order valence-electron chi connectivity index (χ0n) is 11.8. The van der Waals surface area contributed by atoms with Gasteiger partial charge in [-0.1, -0.05) is 56.2 Å². The highest BCUT2D eigenvalue weighted by Gasteiger charge is 1.93. The zero-order valence-corrected chi connectivity index (χ0v) is 11.8. The van der Waals surface area contributed by atoms with Crippen molar-refractivity contribution < 1.29 is 15.0 Å². The van der Waals surface area contributed by atoms with Crippen LogP contribution in [0.1, 0.15) is 51.9 Å². The molecule has 2 N–H and O–H groups in total. The maximum Gasteiger partial charge on any atom is 0.303 e. The lowest BCUT2D eigenvalue weighted by atomic mass is 10.1. The first-order valence-electron chi connectivity index (χ1n) is 7.05. The molecule has 3 heteroatoms. The third-order valence-corrected chi connectivity index (χ3v) is 2.62. The predicted octanol–water partition coefficient (Wildman–Crippen LogP) is 3.85. The highest BCUT2D eigenvalue weighted by molar-refractivity contribution is 5.66. The monoisotopic (exact) mass is 266 g/mol. The van der Waals surface area contributed by atoms with Crippen LogP contribution < -0.4 is 0 Å². The molecule has 0 aromatic rings. The topological polar surface area (TPSA) is 57.5 Å². The predicted molar refractivity (Wildman–Crippen MR) is 79.1 cm³/mol. The summed E-state index contributed by atoms with van der Waals surface area (Å²) < 4.78 is 0. The van der Waals surface area contributed by atoms with E-state index >= 15 is 0 Å². The smallest absolute Gasteiger partial charge is 0.303 e. The van der Waals surface area contributed by atoms with Crippen LogP contribution >= 0.6 is 0 Å². The van der Waals surface area contributed by atoms with Crippen LogP contribution in [0.2, 0.25) is 0 Å². The van der Waals surface area contributed by atoms with Crippen LogP contribution in [0.25, 0.3) is 0 Å². The van der Waals surface area contributed by atoms with Crippen LogP contribution in [0.15, 0.2) is 36.5 Å². The Morgan fingerprint density at radius 1 is 1.11 bits per heavy atom. The van der Waals surface area contributed by atoms with E-state index < -0.39 is 12.1 Å². The molecule has 0 radical (unpaired) electrons. The highest BCUT2D eigenvalue weighted by atomic mass is 16.4. The quantitative estimate of drug-likeness (QED) is 0.339. The van der Waals surface area contributed by atoms with E-state index in [1.807, 2.05) is 6.08 Å². The van der Waals surface area contributed by atoms with Gasteiger partial charge in [0.25, 0.3) is 0 Å². The van der Waals surface area contributed by atoms with Gasteiger partial charge in [0.1, 0.15) is 0 Å². The molecule has 3 nitrogen and oxygen atoms in total. The van der Waals surface area contributed by atoms with Gasteiger partial charge in [0.15, 0.2) is 0 Å². The van der Waals surface area contributed by atoms with E-state index in [1.165, 1.54) is 19.3 Å². The van der Waals surface area contributed by atoms with Gasteiger partial charge >= 0.3 is 5.97 Å². The lowest BCUT2D eigenvalue weighted by Crippen LogP contribution is -1.98. The van der Waals surface area contributed by atoms with Crippen molar-refractivity contribution in [3.05, 3.63) is 36.5 Å². The molecule has 1 atom stereocenters. The number of aliphatic hydroxyl groups excluding tert-OH is 1. The van der Waals surface area contributed by atoms with Crippen LogP contribution in [0, 0.1) is 0 Å². The Labute approximate surface area is 116 Å². The van der Waals surface area contributed by atoms with E-state index in [0.717, 1.165) is 6.42 Å². The van der Waals surface area contributed by atoms with Crippen molar-refractivity contribution in [3.63, 3.8) is 0 Å². The normalized spacial score (nSPS) is 13.8. The SMILES string of the molecule is CCCCCC=CC[C@@H](O)C=CC=CCCC(=O)O. The number of aliphatic carboxylic acids is 1. The number of carboxylic acids is 1. The molecule has 108 valence electrons. The molecule has 0 aromatic carbocycles. The number of allylic oxidation sites excluding steroid dienone is 4. The fraction of sp³-hybridized carbons (Fsp3) is 0.562. The van der Waals surface area contributed by atoms with Crippen LogP contribution in [-0.2, 0) is 4.79 Å². The molecule has 0 rings (SSSR count). The van der Waals surface area contributed by atoms with Crippen molar-refractivity contribution in [3.8, 4) is 0 Å². The summed E-state index contributed by atoms with van der Waals surface area (Å²) in [5.74, 6) is -0.790. The van der Waals surface area contributed by atoms with Crippen LogP contribution in [-0.4, -0.2) is 22.3 Å². The van der Waals surface area contributed by atoms with Gasteiger partial charge in [0, 0.05) is 6.42 Å². The first-order valence-corrected chi connectivity index (χ1v) is 7.05. The molecule has 0 spiro atoms. The Bertz CT molecular complexity index is 303. The summed E-state index contributed by atoms with van der Waals surface area (Å²) in [6.45, 7) is 2.18. The molecule has 0 aliphatic heterocycles. The van der Waals surface area contributed by atoms with Gasteiger partial charge in [-0.2, -0.15) is 0 Å². The number of carbonyl (C=O) groups is 1. The molecule has 0 saturated heterocycles. The Morgan fingerprint density at radius 3 is 2.58 bits per heavy atom. The molecule has 0 bridgehead atoms. The number of rotatable bonds is 11. The van der Waals surface area contributed by atoms with Crippen molar-refractivity contribution in [2.45, 2.75) is 58.0 Å². The number of hydrogen-bond acceptors (Lipinski definition) is 2. The molecule has 0 aliphatic carbocycles. The molecular weight excluding hydrogens is 240 g/mol. The van der Waals surface area contributed by atoms with Gasteiger partial charge < -0.3 is 10.2 Å². The van der Waals surface area contributed by atoms with Gasteiger partial charge in [-0.25, -0.2) is 0 Å². The van der Waals surface area contributed by atoms with Crippen molar-refractivity contribution in [2.24, 2.45) is 0 Å². The van der Waals surface area contributed by atoms with Crippen LogP contribution in [0.4, 0.5) is 0 Å². The van der Waals surface area contributed by atoms with E-state index in [4.69, 9.17) is 5.11 Å². The first-order chi connectivity index (χ1) is 9.16. The van der Waals surface area contributed by atoms with Crippen LogP contribution in [0.3, 0.4) is 0 Å². The van der Waals surface area contributed by atoms with Gasteiger partial charge in [0.05, 0.1) is 6.10 Å². The number of hydrogen-bond donors (Lipinski definition) is 2. The maximum absolute atomic E-state index is 10.3. The third-order valence-electron chi connectivity index (χ3n) is 2.62. The van der Waals surface area contributed by atoms with E-state index in [9.17, 15) is 9.90 Å². The van der Waals surface area contributed by atoms with E-state index in [0.29, 0.717) is 12.8 Å². The van der Waals surface area contributed by atoms with Crippen LogP contribution in [0.5, 0.6) is 0 Å². The largest absolute Gasteiger partial charge is 0.481 e. The summed E-state index contributed by atoms with van der Waals surface area (Å²) in [7, 11) is 0. The third kappa shape index (κ3) is 14.6. The van der Waals surface area contributed by atoms with Crippen molar-refractivity contribution >= 4 is 5.97 Å². The minimum Gasteiger partial charge on any atom is -0.481 e. The van der Waals surface area contributed by atoms with E-state index in [1.54, 1.807) is 24.3 Å². The van der Waals surface area contributed by atoms with E-state index in [-0.39, 0.29) is 6.42 Å². The molecule has 0 aliphatic rings. The molecular formula is C16H26O3. The van der Waals surface area contributed by atoms with Gasteiger partial charge in [0.2, 0.25) is 0 Å². The fourth-order valence-electron chi connectivity index (χ4n) is 1.52. The maximum atomic E-state index is 10.3. The number of carboxylic acid groups (broad SMARTS) is 1. The average Bonchev–Trinajstić information content (AvgIpc) is 2.37. The minimum absolute atomic E-state index is 0.146. The summed E-state index contributed by atoms with van der Waals surface area (Å²) in [6, 6.07) is 0. The molecule has 0 aromatic heterocycles. The Hall–Kier alpha value is -1.35. The second-order valence-corrected chi connectivity index (χ2v) is 4.52. The number of unbranched alkanes of at least 4 members (excludes halogenated alkanes) is 3. The second kappa shape index (κ2) is 13.1. The van der Waals surface area contributed by atoms with Gasteiger partial charge in [-0.15, -0.1) is 0 Å². The summed E-state index contributed by atoms with van der Waals surface area (Å²) in [5, 5.41) is 18.1. The van der Waals surface area contributed by atoms with Crippen molar-refractivity contribution in [1.29, 1.82) is 0 Å². The lowest BCUT2D eigenvalue weighted by molar-refractivity contribution is -0.136. The summed E-state index contributed by atoms with van der Waals surface area (Å²) in [6.07, 6.45) is 16.8. The number of aliphatic hydroxyl groups is 1. The standard InChI is InChI=1S/C16H26O3/c1-2-3-4-5-6-9-12-15(17)13-10-7-8-11-14-16(18)19/h6-10,13,15,17H,2-5,11-12,14H2,1H3,(H,18,19)/t15-/m1/s1. The lowest BCUT2D eigenvalue weighted by Gasteiger charge is -1.99. The Kier molecular flexibility index (Phi) is 12.2. The van der Waals surface area contributed by atoms with Gasteiger partial charge in [-0.05, 0) is 25.7 Å². The molecule has 0 amide bonds. The molecule has 0 heterocycles. The summed E-state index contributed by atoms with van der Waals surface area (Å²) in [4.78, 5) is 10.3. The minimum atomic E-state index is -0.790. The molecule has 19 heavy (non-hydrogen) atoms.